The van der Waals surface area contributed by atoms with Crippen LogP contribution in [0.4, 0.5) is 0 Å². The highest BCUT2D eigenvalue weighted by molar-refractivity contribution is 5.75. The van der Waals surface area contributed by atoms with Gasteiger partial charge >= 0.3 is 0 Å². The first-order valence-corrected chi connectivity index (χ1v) is 14.4. The molecule has 1 aliphatic carbocycles. The summed E-state index contributed by atoms with van der Waals surface area (Å²) in [4.78, 5) is 23.6. The van der Waals surface area contributed by atoms with Crippen LogP contribution in [0.25, 0.3) is 50.7 Å². The molecule has 0 N–H and O–H groups in total. The molecule has 0 saturated heterocycles. The van der Waals surface area contributed by atoms with Crippen molar-refractivity contribution in [3.63, 3.8) is 0 Å². The standard InChI is InChI=1S/C38H29N5/c1-38(33-12-6-3-7-13-33)22-20-30(21-23-38)37-42-35(28-9-4-2-5-10-28)41-36(43-37)29-16-14-27(15-17-29)31-18-19-34(40-26-31)32-11-8-24-39-25-32/h2-22,24-26H,23H2,1H3. The van der Waals surface area contributed by atoms with Crippen molar-refractivity contribution < 1.29 is 0 Å². The van der Waals surface area contributed by atoms with Crippen LogP contribution in [0.3, 0.4) is 0 Å². The van der Waals surface area contributed by atoms with Gasteiger partial charge in [0.05, 0.1) is 5.69 Å². The molecule has 0 aliphatic heterocycles. The SMILES string of the molecule is CC1(c2ccccc2)C=CC(c2nc(-c3ccccc3)nc(-c3ccc(-c4ccc(-c5cccnc5)nc4)cc3)n2)=CC1. The second-order valence-corrected chi connectivity index (χ2v) is 10.9. The van der Waals surface area contributed by atoms with Crippen molar-refractivity contribution in [3.05, 3.63) is 157 Å². The Labute approximate surface area is 251 Å². The molecule has 5 heteroatoms. The van der Waals surface area contributed by atoms with Crippen LogP contribution in [0.5, 0.6) is 0 Å². The molecule has 1 aliphatic rings. The zero-order valence-corrected chi connectivity index (χ0v) is 23.8. The Bertz CT molecular complexity index is 1920. The zero-order valence-electron chi connectivity index (χ0n) is 23.8. The zero-order chi connectivity index (χ0) is 29.1. The molecular formula is C38H29N5. The lowest BCUT2D eigenvalue weighted by Gasteiger charge is -2.28. The minimum Gasteiger partial charge on any atom is -0.264 e. The average molecular weight is 556 g/mol. The van der Waals surface area contributed by atoms with Crippen LogP contribution in [0, 0.1) is 0 Å². The number of pyridine rings is 2. The van der Waals surface area contributed by atoms with Crippen LogP contribution in [0.15, 0.2) is 146 Å². The summed E-state index contributed by atoms with van der Waals surface area (Å²) in [5.74, 6) is 1.98. The van der Waals surface area contributed by atoms with Gasteiger partial charge in [-0.3, -0.25) is 9.97 Å². The Morgan fingerprint density at radius 3 is 1.81 bits per heavy atom. The fraction of sp³-hybridized carbons (Fsp3) is 0.0789. The number of allylic oxidation sites excluding steroid dienone is 4. The largest absolute Gasteiger partial charge is 0.264 e. The molecule has 5 nitrogen and oxygen atoms in total. The summed E-state index contributed by atoms with van der Waals surface area (Å²) in [7, 11) is 0. The summed E-state index contributed by atoms with van der Waals surface area (Å²) in [6.45, 7) is 2.27. The van der Waals surface area contributed by atoms with Crippen LogP contribution < -0.4 is 0 Å². The molecular weight excluding hydrogens is 526 g/mol. The lowest BCUT2D eigenvalue weighted by atomic mass is 9.76. The molecule has 3 aromatic carbocycles. The van der Waals surface area contributed by atoms with Gasteiger partial charge in [0.15, 0.2) is 17.5 Å². The molecule has 0 radical (unpaired) electrons. The molecule has 0 saturated carbocycles. The molecule has 0 bridgehead atoms. The van der Waals surface area contributed by atoms with Crippen molar-refractivity contribution >= 4 is 5.57 Å². The summed E-state index contributed by atoms with van der Waals surface area (Å²) < 4.78 is 0. The first-order chi connectivity index (χ1) is 21.1. The molecule has 1 atom stereocenters. The minimum absolute atomic E-state index is 0.0657. The van der Waals surface area contributed by atoms with E-state index in [9.17, 15) is 0 Å². The van der Waals surface area contributed by atoms with E-state index >= 15 is 0 Å². The first-order valence-electron chi connectivity index (χ1n) is 14.4. The third-order valence-corrected chi connectivity index (χ3v) is 7.93. The van der Waals surface area contributed by atoms with Crippen LogP contribution in [0.2, 0.25) is 0 Å². The maximum absolute atomic E-state index is 4.96. The Morgan fingerprint density at radius 1 is 0.558 bits per heavy atom. The van der Waals surface area contributed by atoms with E-state index in [-0.39, 0.29) is 5.41 Å². The second kappa shape index (κ2) is 11.4. The molecule has 3 aromatic heterocycles. The summed E-state index contributed by atoms with van der Waals surface area (Å²) in [6, 6.07) is 37.1. The van der Waals surface area contributed by atoms with Gasteiger partial charge in [-0.15, -0.1) is 0 Å². The van der Waals surface area contributed by atoms with Gasteiger partial charge < -0.3 is 0 Å². The molecule has 3 heterocycles. The predicted molar refractivity (Wildman–Crippen MR) is 173 cm³/mol. The van der Waals surface area contributed by atoms with Crippen molar-refractivity contribution in [1.82, 2.24) is 24.9 Å². The highest BCUT2D eigenvalue weighted by Crippen LogP contribution is 2.36. The second-order valence-electron chi connectivity index (χ2n) is 10.9. The summed E-state index contributed by atoms with van der Waals surface area (Å²) in [6.07, 6.45) is 13.0. The van der Waals surface area contributed by atoms with Gasteiger partial charge in [-0.05, 0) is 35.7 Å². The highest BCUT2D eigenvalue weighted by Gasteiger charge is 2.26. The Morgan fingerprint density at radius 2 is 1.19 bits per heavy atom. The molecule has 6 aromatic rings. The van der Waals surface area contributed by atoms with Crippen molar-refractivity contribution in [3.8, 4) is 45.2 Å². The van der Waals surface area contributed by atoms with Gasteiger partial charge in [0.2, 0.25) is 0 Å². The fourth-order valence-corrected chi connectivity index (χ4v) is 5.34. The lowest BCUT2D eigenvalue weighted by molar-refractivity contribution is 0.601. The molecule has 206 valence electrons. The van der Waals surface area contributed by atoms with E-state index in [0.717, 1.165) is 45.5 Å². The summed E-state index contributed by atoms with van der Waals surface area (Å²) in [5.41, 5.74) is 8.13. The molecule has 0 spiro atoms. The first kappa shape index (κ1) is 26.4. The Hall–Kier alpha value is -5.55. The van der Waals surface area contributed by atoms with Gasteiger partial charge in [-0.25, -0.2) is 15.0 Å². The third kappa shape index (κ3) is 5.53. The molecule has 1 unspecified atom stereocenters. The van der Waals surface area contributed by atoms with E-state index in [2.05, 4.69) is 95.8 Å². The quantitative estimate of drug-likeness (QED) is 0.206. The summed E-state index contributed by atoms with van der Waals surface area (Å²) >= 11 is 0. The van der Waals surface area contributed by atoms with E-state index in [0.29, 0.717) is 17.5 Å². The Kier molecular flexibility index (Phi) is 6.97. The van der Waals surface area contributed by atoms with Gasteiger partial charge in [-0.2, -0.15) is 0 Å². The number of benzene rings is 3. The normalized spacial score (nSPS) is 16.1. The van der Waals surface area contributed by atoms with Gasteiger partial charge in [-0.1, -0.05) is 116 Å². The van der Waals surface area contributed by atoms with Crippen LogP contribution >= 0.6 is 0 Å². The number of aromatic nitrogens is 5. The smallest absolute Gasteiger partial charge is 0.164 e. The van der Waals surface area contributed by atoms with E-state index in [4.69, 9.17) is 15.0 Å². The number of hydrogen-bond donors (Lipinski definition) is 0. The van der Waals surface area contributed by atoms with E-state index in [1.54, 1.807) is 6.20 Å². The van der Waals surface area contributed by atoms with Crippen molar-refractivity contribution in [2.75, 3.05) is 0 Å². The van der Waals surface area contributed by atoms with E-state index in [1.165, 1.54) is 5.56 Å². The van der Waals surface area contributed by atoms with Crippen molar-refractivity contribution in [2.24, 2.45) is 0 Å². The predicted octanol–water partition coefficient (Wildman–Crippen LogP) is 8.63. The molecule has 0 fully saturated rings. The topological polar surface area (TPSA) is 64.5 Å². The molecule has 43 heavy (non-hydrogen) atoms. The fourth-order valence-electron chi connectivity index (χ4n) is 5.34. The van der Waals surface area contributed by atoms with Crippen LogP contribution in [-0.2, 0) is 5.41 Å². The molecule has 7 rings (SSSR count). The van der Waals surface area contributed by atoms with Crippen molar-refractivity contribution in [2.45, 2.75) is 18.8 Å². The van der Waals surface area contributed by atoms with Crippen LogP contribution in [0.1, 0.15) is 24.7 Å². The number of hydrogen-bond acceptors (Lipinski definition) is 5. The Balaban J connectivity index is 1.20. The number of rotatable bonds is 6. The third-order valence-electron chi connectivity index (χ3n) is 7.93. The minimum atomic E-state index is -0.0657. The number of nitrogens with zero attached hydrogens (tertiary/aromatic N) is 5. The van der Waals surface area contributed by atoms with Crippen LogP contribution in [-0.4, -0.2) is 24.9 Å². The molecule has 0 amide bonds. The van der Waals surface area contributed by atoms with E-state index in [1.807, 2.05) is 60.9 Å². The average Bonchev–Trinajstić information content (AvgIpc) is 3.10. The maximum atomic E-state index is 4.96. The van der Waals surface area contributed by atoms with Gasteiger partial charge in [0.25, 0.3) is 0 Å². The maximum Gasteiger partial charge on any atom is 0.164 e. The highest BCUT2D eigenvalue weighted by atomic mass is 15.0. The lowest BCUT2D eigenvalue weighted by Crippen LogP contribution is -2.20. The van der Waals surface area contributed by atoms with Crippen molar-refractivity contribution in [1.29, 1.82) is 0 Å². The van der Waals surface area contributed by atoms with E-state index < -0.39 is 0 Å². The monoisotopic (exact) mass is 555 g/mol. The summed E-state index contributed by atoms with van der Waals surface area (Å²) in [5, 5.41) is 0. The van der Waals surface area contributed by atoms with Gasteiger partial charge in [0.1, 0.15) is 0 Å². The van der Waals surface area contributed by atoms with Gasteiger partial charge in [0, 0.05) is 51.8 Å².